The molecule has 0 unspecified atom stereocenters. The summed E-state index contributed by atoms with van der Waals surface area (Å²) in [4.78, 5) is 49.4. The Morgan fingerprint density at radius 1 is 0.515 bits per heavy atom. The Bertz CT molecular complexity index is 612. The van der Waals surface area contributed by atoms with Gasteiger partial charge in [0.25, 0.3) is 0 Å². The molecule has 192 valence electrons. The number of esters is 4. The summed E-state index contributed by atoms with van der Waals surface area (Å²) in [5, 5.41) is 0. The van der Waals surface area contributed by atoms with Gasteiger partial charge in [0.05, 0.1) is 16.2 Å². The standard InChI is InChI=1S/C25H44O8/c1-11-22(5,6)19(27)31-15-25(14-30-18(4)26,16-32-20(28)23(7,8)12-2)17-33-21(29)24(9,10)13-3/h11-17H2,1-10H3. The second-order valence-electron chi connectivity index (χ2n) is 10.7. The molecule has 0 saturated carbocycles. The lowest BCUT2D eigenvalue weighted by atomic mass is 9.88. The van der Waals surface area contributed by atoms with E-state index in [1.807, 2.05) is 20.8 Å². The van der Waals surface area contributed by atoms with Gasteiger partial charge in [0.1, 0.15) is 31.8 Å². The number of hydrogen-bond donors (Lipinski definition) is 0. The minimum Gasteiger partial charge on any atom is -0.465 e. The Balaban J connectivity index is 5.91. The van der Waals surface area contributed by atoms with E-state index in [2.05, 4.69) is 0 Å². The number of ether oxygens (including phenoxy) is 4. The summed E-state index contributed by atoms with van der Waals surface area (Å²) in [6.07, 6.45) is 1.67. The minimum atomic E-state index is -1.25. The molecule has 8 heteroatoms. The Hall–Kier alpha value is -2.12. The molecule has 0 N–H and O–H groups in total. The first-order chi connectivity index (χ1) is 15.0. The molecule has 0 aromatic rings. The van der Waals surface area contributed by atoms with Crippen LogP contribution in [0.3, 0.4) is 0 Å². The van der Waals surface area contributed by atoms with E-state index in [-0.39, 0.29) is 26.4 Å². The molecule has 0 aliphatic rings. The van der Waals surface area contributed by atoms with Gasteiger partial charge in [-0.3, -0.25) is 19.2 Å². The van der Waals surface area contributed by atoms with E-state index in [1.165, 1.54) is 6.92 Å². The maximum Gasteiger partial charge on any atom is 0.311 e. The zero-order valence-electron chi connectivity index (χ0n) is 22.2. The second kappa shape index (κ2) is 12.4. The predicted octanol–water partition coefficient (Wildman–Crippen LogP) is 4.47. The summed E-state index contributed by atoms with van der Waals surface area (Å²) in [5.74, 6) is -1.90. The maximum atomic E-state index is 12.6. The van der Waals surface area contributed by atoms with Gasteiger partial charge in [0.2, 0.25) is 0 Å². The number of carbonyl (C=O) groups is 4. The fraction of sp³-hybridized carbons (Fsp3) is 0.840. The van der Waals surface area contributed by atoms with Gasteiger partial charge in [-0.05, 0) is 60.8 Å². The van der Waals surface area contributed by atoms with Crippen molar-refractivity contribution in [3.8, 4) is 0 Å². The minimum absolute atomic E-state index is 0.248. The molecule has 0 saturated heterocycles. The SMILES string of the molecule is CCC(C)(C)C(=O)OCC(COC(C)=O)(COC(=O)C(C)(C)CC)COC(=O)C(C)(C)CC. The number of carbonyl (C=O) groups excluding carboxylic acids is 4. The van der Waals surface area contributed by atoms with Gasteiger partial charge in [0, 0.05) is 6.92 Å². The quantitative estimate of drug-likeness (QED) is 0.269. The summed E-state index contributed by atoms with van der Waals surface area (Å²) in [6, 6.07) is 0. The van der Waals surface area contributed by atoms with Crippen molar-refractivity contribution < 1.29 is 38.1 Å². The third kappa shape index (κ3) is 9.72. The normalized spacial score (nSPS) is 12.7. The maximum absolute atomic E-state index is 12.6. The molecule has 0 bridgehead atoms. The predicted molar refractivity (Wildman–Crippen MR) is 124 cm³/mol. The molecule has 0 amide bonds. The molecule has 0 aliphatic carbocycles. The molecule has 0 radical (unpaired) electrons. The molecule has 0 fully saturated rings. The number of rotatable bonds is 14. The Morgan fingerprint density at radius 2 is 0.758 bits per heavy atom. The van der Waals surface area contributed by atoms with Crippen LogP contribution in [-0.2, 0) is 38.1 Å². The first-order valence-electron chi connectivity index (χ1n) is 11.6. The van der Waals surface area contributed by atoms with Gasteiger partial charge in [0.15, 0.2) is 0 Å². The molecule has 8 nitrogen and oxygen atoms in total. The molecule has 0 aromatic heterocycles. The third-order valence-corrected chi connectivity index (χ3v) is 6.42. The van der Waals surface area contributed by atoms with Crippen LogP contribution >= 0.6 is 0 Å². The molecule has 0 aromatic carbocycles. The molecule has 0 heterocycles. The fourth-order valence-electron chi connectivity index (χ4n) is 2.18. The van der Waals surface area contributed by atoms with Crippen molar-refractivity contribution in [2.24, 2.45) is 21.7 Å². The highest BCUT2D eigenvalue weighted by molar-refractivity contribution is 5.77. The Labute approximate surface area is 199 Å². The van der Waals surface area contributed by atoms with E-state index >= 15 is 0 Å². The van der Waals surface area contributed by atoms with E-state index in [0.29, 0.717) is 19.3 Å². The van der Waals surface area contributed by atoms with Crippen LogP contribution in [0.15, 0.2) is 0 Å². The summed E-state index contributed by atoms with van der Waals surface area (Å²) in [6.45, 7) is 16.4. The summed E-state index contributed by atoms with van der Waals surface area (Å²) in [5.41, 5.74) is -3.43. The monoisotopic (exact) mass is 472 g/mol. The van der Waals surface area contributed by atoms with Gasteiger partial charge < -0.3 is 18.9 Å². The summed E-state index contributed by atoms with van der Waals surface area (Å²) < 4.78 is 21.9. The van der Waals surface area contributed by atoms with Crippen LogP contribution in [0.1, 0.15) is 88.5 Å². The highest BCUT2D eigenvalue weighted by Crippen LogP contribution is 2.29. The lowest BCUT2D eigenvalue weighted by molar-refractivity contribution is -0.179. The lowest BCUT2D eigenvalue weighted by Gasteiger charge is -2.34. The van der Waals surface area contributed by atoms with Crippen molar-refractivity contribution in [1.82, 2.24) is 0 Å². The first kappa shape index (κ1) is 30.9. The highest BCUT2D eigenvalue weighted by Gasteiger charge is 2.41. The zero-order valence-corrected chi connectivity index (χ0v) is 22.2. The third-order valence-electron chi connectivity index (χ3n) is 6.42. The van der Waals surface area contributed by atoms with Crippen LogP contribution in [0.4, 0.5) is 0 Å². The van der Waals surface area contributed by atoms with Crippen LogP contribution in [0.25, 0.3) is 0 Å². The van der Waals surface area contributed by atoms with Gasteiger partial charge in [-0.1, -0.05) is 20.8 Å². The molecule has 0 spiro atoms. The molecule has 0 atom stereocenters. The van der Waals surface area contributed by atoms with E-state index in [0.717, 1.165) is 0 Å². The van der Waals surface area contributed by atoms with Gasteiger partial charge >= 0.3 is 23.9 Å². The van der Waals surface area contributed by atoms with Crippen LogP contribution in [0.5, 0.6) is 0 Å². The largest absolute Gasteiger partial charge is 0.465 e. The Morgan fingerprint density at radius 3 is 0.970 bits per heavy atom. The average molecular weight is 473 g/mol. The Kier molecular flexibility index (Phi) is 11.6. The van der Waals surface area contributed by atoms with Crippen molar-refractivity contribution in [2.75, 3.05) is 26.4 Å². The average Bonchev–Trinajstić information content (AvgIpc) is 2.76. The van der Waals surface area contributed by atoms with E-state index in [1.54, 1.807) is 41.5 Å². The molecule has 0 aliphatic heterocycles. The molecule has 0 rings (SSSR count). The van der Waals surface area contributed by atoms with Gasteiger partial charge in [-0.2, -0.15) is 0 Å². The van der Waals surface area contributed by atoms with E-state index in [9.17, 15) is 19.2 Å². The van der Waals surface area contributed by atoms with Crippen LogP contribution in [0, 0.1) is 21.7 Å². The van der Waals surface area contributed by atoms with Gasteiger partial charge in [-0.15, -0.1) is 0 Å². The van der Waals surface area contributed by atoms with Crippen LogP contribution in [-0.4, -0.2) is 50.3 Å². The van der Waals surface area contributed by atoms with Gasteiger partial charge in [-0.25, -0.2) is 0 Å². The second-order valence-corrected chi connectivity index (χ2v) is 10.7. The topological polar surface area (TPSA) is 105 Å². The van der Waals surface area contributed by atoms with E-state index < -0.39 is 45.5 Å². The first-order valence-corrected chi connectivity index (χ1v) is 11.6. The summed E-state index contributed by atoms with van der Waals surface area (Å²) in [7, 11) is 0. The summed E-state index contributed by atoms with van der Waals surface area (Å²) >= 11 is 0. The molecular formula is C25H44O8. The highest BCUT2D eigenvalue weighted by atomic mass is 16.6. The van der Waals surface area contributed by atoms with Crippen LogP contribution < -0.4 is 0 Å². The fourth-order valence-corrected chi connectivity index (χ4v) is 2.18. The van der Waals surface area contributed by atoms with Crippen molar-refractivity contribution >= 4 is 23.9 Å². The van der Waals surface area contributed by atoms with Crippen molar-refractivity contribution in [2.45, 2.75) is 88.5 Å². The van der Waals surface area contributed by atoms with Crippen molar-refractivity contribution in [3.63, 3.8) is 0 Å². The molecule has 33 heavy (non-hydrogen) atoms. The zero-order chi connectivity index (χ0) is 26.1. The van der Waals surface area contributed by atoms with Crippen molar-refractivity contribution in [1.29, 1.82) is 0 Å². The smallest absolute Gasteiger partial charge is 0.311 e. The lowest BCUT2D eigenvalue weighted by Crippen LogP contribution is -2.46. The van der Waals surface area contributed by atoms with Crippen LogP contribution in [0.2, 0.25) is 0 Å². The van der Waals surface area contributed by atoms with E-state index in [4.69, 9.17) is 18.9 Å². The molecular weight excluding hydrogens is 428 g/mol. The number of hydrogen-bond acceptors (Lipinski definition) is 8. The van der Waals surface area contributed by atoms with Crippen molar-refractivity contribution in [3.05, 3.63) is 0 Å².